The van der Waals surface area contributed by atoms with Crippen LogP contribution in [0.1, 0.15) is 19.1 Å². The molecule has 1 amide bonds. The number of aryl methyl sites for hydroxylation is 1. The highest BCUT2D eigenvalue weighted by Gasteiger charge is 2.21. The van der Waals surface area contributed by atoms with Crippen molar-refractivity contribution in [2.75, 3.05) is 5.32 Å². The molecule has 0 fully saturated rings. The van der Waals surface area contributed by atoms with Gasteiger partial charge in [-0.1, -0.05) is 23.8 Å². The number of fused-ring (bicyclic) bond motifs is 1. The van der Waals surface area contributed by atoms with Crippen molar-refractivity contribution in [2.24, 2.45) is 0 Å². The number of anilines is 1. The molecule has 0 saturated heterocycles. The third-order valence-electron chi connectivity index (χ3n) is 3.02. The first-order chi connectivity index (χ1) is 10.7. The largest absolute Gasteiger partial charge is 0.360 e. The van der Waals surface area contributed by atoms with Gasteiger partial charge in [0.05, 0.1) is 5.25 Å². The van der Waals surface area contributed by atoms with Crippen LogP contribution in [0.3, 0.4) is 0 Å². The van der Waals surface area contributed by atoms with Crippen LogP contribution in [0.25, 0.3) is 10.2 Å². The van der Waals surface area contributed by atoms with E-state index in [1.54, 1.807) is 24.3 Å². The minimum Gasteiger partial charge on any atom is -0.360 e. The number of aromatic nitrogens is 3. The van der Waals surface area contributed by atoms with E-state index in [9.17, 15) is 4.79 Å². The van der Waals surface area contributed by atoms with Crippen molar-refractivity contribution < 1.29 is 9.32 Å². The van der Waals surface area contributed by atoms with Gasteiger partial charge in [0.25, 0.3) is 0 Å². The summed E-state index contributed by atoms with van der Waals surface area (Å²) < 4.78 is 4.95. The molecular formula is C14H14N4O2S2. The molecule has 0 saturated carbocycles. The van der Waals surface area contributed by atoms with E-state index in [2.05, 4.69) is 20.4 Å². The standard InChI is InChI=1S/C14H14N4O2S2/c1-3-10(12(19)17-11-6-8(2)20-18-11)22-14-9-4-5-21-13(9)15-7-16-14/h4-7,10H,3H2,1-2H3,(H,17,18,19)/t10-/m1/s1. The molecule has 0 bridgehead atoms. The Kier molecular flexibility index (Phi) is 4.39. The molecule has 0 aliphatic rings. The summed E-state index contributed by atoms with van der Waals surface area (Å²) >= 11 is 3.00. The Hall–Kier alpha value is -1.93. The molecule has 3 rings (SSSR count). The van der Waals surface area contributed by atoms with E-state index in [4.69, 9.17) is 4.52 Å². The van der Waals surface area contributed by atoms with E-state index in [1.165, 1.54) is 18.1 Å². The van der Waals surface area contributed by atoms with Crippen molar-refractivity contribution in [1.82, 2.24) is 15.1 Å². The number of thiophene rings is 1. The van der Waals surface area contributed by atoms with Gasteiger partial charge in [-0.05, 0) is 24.8 Å². The highest BCUT2D eigenvalue weighted by atomic mass is 32.2. The number of hydrogen-bond acceptors (Lipinski definition) is 7. The summed E-state index contributed by atoms with van der Waals surface area (Å²) in [6.45, 7) is 3.75. The number of rotatable bonds is 5. The summed E-state index contributed by atoms with van der Waals surface area (Å²) in [6.07, 6.45) is 2.22. The van der Waals surface area contributed by atoms with Crippen LogP contribution in [0.2, 0.25) is 0 Å². The third-order valence-corrected chi connectivity index (χ3v) is 5.22. The lowest BCUT2D eigenvalue weighted by Gasteiger charge is -2.13. The topological polar surface area (TPSA) is 80.9 Å². The smallest absolute Gasteiger partial charge is 0.239 e. The summed E-state index contributed by atoms with van der Waals surface area (Å²) in [5, 5.41) is 10.1. The van der Waals surface area contributed by atoms with Crippen LogP contribution in [0, 0.1) is 6.92 Å². The maximum Gasteiger partial charge on any atom is 0.239 e. The third kappa shape index (κ3) is 3.12. The SMILES string of the molecule is CC[C@@H](Sc1ncnc2sccc12)C(=O)Nc1cc(C)on1. The number of amides is 1. The van der Waals surface area contributed by atoms with Crippen molar-refractivity contribution in [3.8, 4) is 0 Å². The number of hydrogen-bond donors (Lipinski definition) is 1. The molecule has 0 aliphatic heterocycles. The molecule has 3 aromatic rings. The summed E-state index contributed by atoms with van der Waals surface area (Å²) in [4.78, 5) is 21.8. The van der Waals surface area contributed by atoms with E-state index in [1.807, 2.05) is 18.4 Å². The molecular weight excluding hydrogens is 320 g/mol. The quantitative estimate of drug-likeness (QED) is 0.568. The summed E-state index contributed by atoms with van der Waals surface area (Å²) in [5.41, 5.74) is 0. The Balaban J connectivity index is 1.76. The second kappa shape index (κ2) is 6.45. The Morgan fingerprint density at radius 1 is 1.50 bits per heavy atom. The zero-order valence-corrected chi connectivity index (χ0v) is 13.7. The first-order valence-electron chi connectivity index (χ1n) is 6.76. The molecule has 114 valence electrons. The molecule has 8 heteroatoms. The van der Waals surface area contributed by atoms with E-state index in [0.717, 1.165) is 15.2 Å². The Labute approximate surface area is 135 Å². The van der Waals surface area contributed by atoms with Gasteiger partial charge < -0.3 is 9.84 Å². The van der Waals surface area contributed by atoms with Gasteiger partial charge in [0.15, 0.2) is 5.82 Å². The van der Waals surface area contributed by atoms with Crippen LogP contribution < -0.4 is 5.32 Å². The monoisotopic (exact) mass is 334 g/mol. The fourth-order valence-electron chi connectivity index (χ4n) is 1.95. The predicted octanol–water partition coefficient (Wildman–Crippen LogP) is 3.50. The highest BCUT2D eigenvalue weighted by molar-refractivity contribution is 8.00. The molecule has 0 spiro atoms. The van der Waals surface area contributed by atoms with Gasteiger partial charge in [-0.2, -0.15) is 0 Å². The molecule has 0 aliphatic carbocycles. The van der Waals surface area contributed by atoms with Gasteiger partial charge in [0, 0.05) is 11.5 Å². The highest BCUT2D eigenvalue weighted by Crippen LogP contribution is 2.31. The number of carbonyl (C=O) groups is 1. The normalized spacial score (nSPS) is 12.5. The molecule has 1 N–H and O–H groups in total. The molecule has 0 unspecified atom stereocenters. The number of nitrogens with one attached hydrogen (secondary N) is 1. The van der Waals surface area contributed by atoms with E-state index < -0.39 is 0 Å². The lowest BCUT2D eigenvalue weighted by Crippen LogP contribution is -2.24. The fraction of sp³-hybridized carbons (Fsp3) is 0.286. The average molecular weight is 334 g/mol. The van der Waals surface area contributed by atoms with Crippen molar-refractivity contribution in [3.05, 3.63) is 29.6 Å². The van der Waals surface area contributed by atoms with Crippen molar-refractivity contribution >= 4 is 45.0 Å². The van der Waals surface area contributed by atoms with E-state index in [0.29, 0.717) is 18.0 Å². The molecule has 0 radical (unpaired) electrons. The zero-order valence-electron chi connectivity index (χ0n) is 12.1. The number of thioether (sulfide) groups is 1. The van der Waals surface area contributed by atoms with Gasteiger partial charge in [-0.25, -0.2) is 9.97 Å². The molecule has 3 aromatic heterocycles. The second-order valence-corrected chi connectivity index (χ2v) is 6.73. The van der Waals surface area contributed by atoms with Crippen LogP contribution in [0.4, 0.5) is 5.82 Å². The molecule has 3 heterocycles. The minimum atomic E-state index is -0.255. The zero-order chi connectivity index (χ0) is 15.5. The second-order valence-electron chi connectivity index (χ2n) is 4.65. The van der Waals surface area contributed by atoms with Crippen LogP contribution in [0.15, 0.2) is 33.4 Å². The summed E-state index contributed by atoms with van der Waals surface area (Å²) in [7, 11) is 0. The van der Waals surface area contributed by atoms with Crippen molar-refractivity contribution in [2.45, 2.75) is 30.5 Å². The fourth-order valence-corrected chi connectivity index (χ4v) is 3.75. The van der Waals surface area contributed by atoms with Crippen LogP contribution >= 0.6 is 23.1 Å². The molecule has 22 heavy (non-hydrogen) atoms. The summed E-state index contributed by atoms with van der Waals surface area (Å²) in [5.74, 6) is 0.986. The maximum absolute atomic E-state index is 12.4. The molecule has 1 atom stereocenters. The van der Waals surface area contributed by atoms with E-state index >= 15 is 0 Å². The lowest BCUT2D eigenvalue weighted by molar-refractivity contribution is -0.115. The Morgan fingerprint density at radius 2 is 2.36 bits per heavy atom. The van der Waals surface area contributed by atoms with Crippen LogP contribution in [-0.2, 0) is 4.79 Å². The van der Waals surface area contributed by atoms with E-state index in [-0.39, 0.29) is 11.2 Å². The Morgan fingerprint density at radius 3 is 3.09 bits per heavy atom. The van der Waals surface area contributed by atoms with Crippen molar-refractivity contribution in [3.63, 3.8) is 0 Å². The first kappa shape index (κ1) is 15.0. The number of carbonyl (C=O) groups excluding carboxylic acids is 1. The van der Waals surface area contributed by atoms with Crippen LogP contribution in [-0.4, -0.2) is 26.3 Å². The van der Waals surface area contributed by atoms with Gasteiger partial charge in [-0.15, -0.1) is 11.3 Å². The minimum absolute atomic E-state index is 0.109. The Bertz CT molecular complexity index is 799. The lowest BCUT2D eigenvalue weighted by atomic mass is 10.3. The van der Waals surface area contributed by atoms with Gasteiger partial charge in [0.2, 0.25) is 5.91 Å². The van der Waals surface area contributed by atoms with Gasteiger partial charge in [-0.3, -0.25) is 4.79 Å². The van der Waals surface area contributed by atoms with Gasteiger partial charge in [0.1, 0.15) is 21.9 Å². The van der Waals surface area contributed by atoms with Gasteiger partial charge >= 0.3 is 0 Å². The number of nitrogens with zero attached hydrogens (tertiary/aromatic N) is 3. The maximum atomic E-state index is 12.4. The predicted molar refractivity (Wildman–Crippen MR) is 87.2 cm³/mol. The molecule has 6 nitrogen and oxygen atoms in total. The van der Waals surface area contributed by atoms with Crippen molar-refractivity contribution in [1.29, 1.82) is 0 Å². The summed E-state index contributed by atoms with van der Waals surface area (Å²) in [6, 6.07) is 3.67. The molecule has 0 aromatic carbocycles. The van der Waals surface area contributed by atoms with Crippen LogP contribution in [0.5, 0.6) is 0 Å². The first-order valence-corrected chi connectivity index (χ1v) is 8.52. The average Bonchev–Trinajstić information content (AvgIpc) is 3.13.